The minimum Gasteiger partial charge on any atom is -0.375 e. The van der Waals surface area contributed by atoms with Crippen LogP contribution in [0, 0.1) is 0 Å². The highest BCUT2D eigenvalue weighted by Gasteiger charge is 2.27. The molecular weight excluding hydrogens is 452 g/mol. The van der Waals surface area contributed by atoms with Crippen molar-refractivity contribution in [3.63, 3.8) is 0 Å². The average Bonchev–Trinajstić information content (AvgIpc) is 3.04. The SMILES string of the molecule is CN(C)C(=O)c1nn(C)c(Nc2c(NCc3ccccc3)c(=O)[nH][nH]c2=O)c1NS(C)(=O)=O. The van der Waals surface area contributed by atoms with Gasteiger partial charge in [-0.05, 0) is 5.56 Å². The van der Waals surface area contributed by atoms with E-state index in [1.807, 2.05) is 30.3 Å². The molecule has 0 atom stereocenters. The molecule has 0 unspecified atom stereocenters. The van der Waals surface area contributed by atoms with Crippen molar-refractivity contribution < 1.29 is 13.2 Å². The van der Waals surface area contributed by atoms with Crippen LogP contribution in [0.25, 0.3) is 0 Å². The number of amides is 1. The molecule has 0 radical (unpaired) electrons. The van der Waals surface area contributed by atoms with Crippen LogP contribution in [-0.4, -0.2) is 59.6 Å². The number of H-pyrrole nitrogens is 2. The number of benzene rings is 1. The van der Waals surface area contributed by atoms with Crippen molar-refractivity contribution in [3.8, 4) is 0 Å². The highest BCUT2D eigenvalue weighted by atomic mass is 32.2. The molecule has 3 rings (SSSR count). The standard InChI is InChI=1S/C19H24N8O5S/c1-26(2)19(30)15-12(25-33(4,31)32)16(27(3)24-15)21-14-13(17(28)22-23-18(14)29)20-10-11-8-6-5-7-9-11/h5-9,25H,10H2,1-4H3,(H2,20,23,29)(H2,21,22,28). The Labute approximate surface area is 188 Å². The topological polar surface area (TPSA) is 174 Å². The van der Waals surface area contributed by atoms with E-state index in [4.69, 9.17) is 0 Å². The monoisotopic (exact) mass is 476 g/mol. The van der Waals surface area contributed by atoms with Crippen LogP contribution in [-0.2, 0) is 23.6 Å². The molecule has 0 spiro atoms. The fourth-order valence-corrected chi connectivity index (χ4v) is 3.53. The first-order chi connectivity index (χ1) is 15.5. The molecule has 3 aromatic rings. The molecule has 176 valence electrons. The highest BCUT2D eigenvalue weighted by Crippen LogP contribution is 2.30. The molecular formula is C19H24N8O5S. The minimum absolute atomic E-state index is 0.00974. The molecule has 5 N–H and O–H groups in total. The number of carbonyl (C=O) groups is 1. The maximum Gasteiger partial charge on any atom is 0.288 e. The second-order valence-corrected chi connectivity index (χ2v) is 9.14. The third-order valence-electron chi connectivity index (χ3n) is 4.49. The molecule has 1 aromatic carbocycles. The lowest BCUT2D eigenvalue weighted by molar-refractivity contribution is 0.0822. The molecule has 2 heterocycles. The Kier molecular flexibility index (Phi) is 6.57. The van der Waals surface area contributed by atoms with E-state index < -0.39 is 27.0 Å². The molecule has 1 amide bonds. The van der Waals surface area contributed by atoms with Crippen molar-refractivity contribution in [1.82, 2.24) is 24.9 Å². The summed E-state index contributed by atoms with van der Waals surface area (Å²) in [7, 11) is 0.615. The summed E-state index contributed by atoms with van der Waals surface area (Å²) in [5.74, 6) is -0.573. The number of aromatic nitrogens is 4. The number of hydrogen-bond donors (Lipinski definition) is 5. The smallest absolute Gasteiger partial charge is 0.288 e. The first-order valence-electron chi connectivity index (χ1n) is 9.64. The Morgan fingerprint density at radius 3 is 2.24 bits per heavy atom. The summed E-state index contributed by atoms with van der Waals surface area (Å²) in [5.41, 5.74) is -1.04. The molecule has 0 aliphatic carbocycles. The van der Waals surface area contributed by atoms with Gasteiger partial charge in [0.25, 0.3) is 17.0 Å². The van der Waals surface area contributed by atoms with E-state index in [1.165, 1.54) is 30.7 Å². The van der Waals surface area contributed by atoms with E-state index in [0.717, 1.165) is 11.8 Å². The van der Waals surface area contributed by atoms with Gasteiger partial charge in [0.05, 0.1) is 6.26 Å². The van der Waals surface area contributed by atoms with Gasteiger partial charge in [0.2, 0.25) is 10.0 Å². The molecule has 14 heteroatoms. The molecule has 0 fully saturated rings. The maximum absolute atomic E-state index is 12.6. The van der Waals surface area contributed by atoms with Crippen LogP contribution in [0.5, 0.6) is 0 Å². The fourth-order valence-electron chi connectivity index (χ4n) is 2.97. The van der Waals surface area contributed by atoms with E-state index in [-0.39, 0.29) is 35.1 Å². The highest BCUT2D eigenvalue weighted by molar-refractivity contribution is 7.92. The predicted molar refractivity (Wildman–Crippen MR) is 124 cm³/mol. The summed E-state index contributed by atoms with van der Waals surface area (Å²) >= 11 is 0. The van der Waals surface area contributed by atoms with Crippen LogP contribution >= 0.6 is 0 Å². The first-order valence-corrected chi connectivity index (χ1v) is 11.5. The van der Waals surface area contributed by atoms with Gasteiger partial charge < -0.3 is 15.5 Å². The van der Waals surface area contributed by atoms with Gasteiger partial charge in [-0.25, -0.2) is 13.1 Å². The molecule has 0 aliphatic rings. The number of aryl methyl sites for hydroxylation is 1. The van der Waals surface area contributed by atoms with Crippen LogP contribution in [0.4, 0.5) is 22.9 Å². The molecule has 0 bridgehead atoms. The Hall–Kier alpha value is -4.07. The van der Waals surface area contributed by atoms with Crippen LogP contribution in [0.1, 0.15) is 16.1 Å². The third-order valence-corrected chi connectivity index (χ3v) is 5.07. The molecule has 2 aromatic heterocycles. The lowest BCUT2D eigenvalue weighted by Crippen LogP contribution is -2.26. The molecule has 0 saturated heterocycles. The zero-order chi connectivity index (χ0) is 24.3. The van der Waals surface area contributed by atoms with Crippen molar-refractivity contribution in [2.24, 2.45) is 7.05 Å². The Bertz CT molecular complexity index is 1390. The summed E-state index contributed by atoms with van der Waals surface area (Å²) in [6.07, 6.45) is 0.917. The maximum atomic E-state index is 12.6. The van der Waals surface area contributed by atoms with Crippen molar-refractivity contribution in [3.05, 3.63) is 62.3 Å². The van der Waals surface area contributed by atoms with Crippen LogP contribution in [0.3, 0.4) is 0 Å². The van der Waals surface area contributed by atoms with Gasteiger partial charge >= 0.3 is 0 Å². The molecule has 33 heavy (non-hydrogen) atoms. The lowest BCUT2D eigenvalue weighted by atomic mass is 10.2. The number of anilines is 4. The van der Waals surface area contributed by atoms with Crippen LogP contribution in [0.2, 0.25) is 0 Å². The second kappa shape index (κ2) is 9.20. The van der Waals surface area contributed by atoms with E-state index in [2.05, 4.69) is 30.7 Å². The number of carbonyl (C=O) groups excluding carboxylic acids is 1. The van der Waals surface area contributed by atoms with E-state index in [0.29, 0.717) is 0 Å². The quantitative estimate of drug-likeness (QED) is 0.307. The predicted octanol–water partition coefficient (Wildman–Crippen LogP) is 0.226. The van der Waals surface area contributed by atoms with Crippen molar-refractivity contribution in [2.75, 3.05) is 35.7 Å². The third kappa shape index (κ3) is 5.41. The molecule has 0 aliphatic heterocycles. The number of nitrogens with zero attached hydrogens (tertiary/aromatic N) is 3. The van der Waals surface area contributed by atoms with E-state index >= 15 is 0 Å². The minimum atomic E-state index is -3.82. The number of nitrogens with one attached hydrogen (secondary N) is 5. The average molecular weight is 477 g/mol. The number of rotatable bonds is 8. The van der Waals surface area contributed by atoms with Gasteiger partial charge in [-0.1, -0.05) is 30.3 Å². The summed E-state index contributed by atoms with van der Waals surface area (Å²) < 4.78 is 27.4. The molecule has 0 saturated carbocycles. The zero-order valence-corrected chi connectivity index (χ0v) is 19.2. The first kappa shape index (κ1) is 23.6. The van der Waals surface area contributed by atoms with Crippen LogP contribution in [0.15, 0.2) is 39.9 Å². The van der Waals surface area contributed by atoms with Gasteiger partial charge in [0.15, 0.2) is 11.5 Å². The number of hydrogen-bond acceptors (Lipinski definition) is 8. The molecule has 13 nitrogen and oxygen atoms in total. The van der Waals surface area contributed by atoms with Gasteiger partial charge in [-0.15, -0.1) is 0 Å². The fraction of sp³-hybridized carbons (Fsp3) is 0.263. The zero-order valence-electron chi connectivity index (χ0n) is 18.4. The summed E-state index contributed by atoms with van der Waals surface area (Å²) in [4.78, 5) is 38.9. The summed E-state index contributed by atoms with van der Waals surface area (Å²) in [5, 5.41) is 14.3. The number of sulfonamides is 1. The van der Waals surface area contributed by atoms with Crippen molar-refractivity contribution in [1.29, 1.82) is 0 Å². The normalized spacial score (nSPS) is 11.2. The van der Waals surface area contributed by atoms with E-state index in [1.54, 1.807) is 0 Å². The van der Waals surface area contributed by atoms with Crippen molar-refractivity contribution >= 4 is 38.8 Å². The van der Waals surface area contributed by atoms with Crippen LogP contribution < -0.4 is 26.5 Å². The number of aromatic amines is 2. The van der Waals surface area contributed by atoms with Gasteiger partial charge in [-0.2, -0.15) is 5.10 Å². The van der Waals surface area contributed by atoms with E-state index in [9.17, 15) is 22.8 Å². The largest absolute Gasteiger partial charge is 0.375 e. The lowest BCUT2D eigenvalue weighted by Gasteiger charge is -2.14. The Balaban J connectivity index is 2.09. The van der Waals surface area contributed by atoms with Gasteiger partial charge in [0, 0.05) is 27.7 Å². The Morgan fingerprint density at radius 2 is 1.67 bits per heavy atom. The van der Waals surface area contributed by atoms with Gasteiger partial charge in [-0.3, -0.25) is 29.3 Å². The second-order valence-electron chi connectivity index (χ2n) is 7.39. The van der Waals surface area contributed by atoms with Crippen molar-refractivity contribution in [2.45, 2.75) is 6.54 Å². The summed E-state index contributed by atoms with van der Waals surface area (Å²) in [6.45, 7) is 0.242. The van der Waals surface area contributed by atoms with Gasteiger partial charge in [0.1, 0.15) is 17.1 Å². The summed E-state index contributed by atoms with van der Waals surface area (Å²) in [6, 6.07) is 9.20. The Morgan fingerprint density at radius 1 is 1.06 bits per heavy atom.